The van der Waals surface area contributed by atoms with Crippen LogP contribution in [0, 0.1) is 5.41 Å². The molecule has 1 aromatic carbocycles. The minimum atomic E-state index is -0.221. The van der Waals surface area contributed by atoms with Crippen molar-refractivity contribution >= 4 is 49.9 Å². The predicted octanol–water partition coefficient (Wildman–Crippen LogP) is 5.23. The van der Waals surface area contributed by atoms with Crippen LogP contribution in [0.2, 0.25) is 0 Å². The van der Waals surface area contributed by atoms with E-state index in [9.17, 15) is 0 Å². The molecule has 2 aromatic heterocycles. The van der Waals surface area contributed by atoms with Gasteiger partial charge >= 0.3 is 0 Å². The number of aliphatic imine (C=N–C) groups is 1. The van der Waals surface area contributed by atoms with E-state index in [2.05, 4.69) is 47.4 Å². The fourth-order valence-corrected chi connectivity index (χ4v) is 8.05. The number of hydrogen-bond donors (Lipinski definition) is 1. The fourth-order valence-electron chi connectivity index (χ4n) is 6.74. The predicted molar refractivity (Wildman–Crippen MR) is 152 cm³/mol. The lowest BCUT2D eigenvalue weighted by Gasteiger charge is -2.52. The molecule has 3 saturated heterocycles. The standard InChI is InChI=1S/C30H31N5O2S/c31-17-29-8-10-30(11-9-29,37-18-29)24-16-23-26(38-24)28(35-12-14-36-15-13-35)34-27(33-23)20-5-3-7-22-25(20)19-4-1-2-6-21(19)32-22/h1-6,16H,7-15,17-18,31H2. The molecular formula is C30H31N5O2S. The molecule has 0 spiro atoms. The van der Waals surface area contributed by atoms with Gasteiger partial charge in [-0.15, -0.1) is 11.3 Å². The molecule has 38 heavy (non-hydrogen) atoms. The summed E-state index contributed by atoms with van der Waals surface area (Å²) in [4.78, 5) is 19.1. The molecule has 2 aliphatic carbocycles. The van der Waals surface area contributed by atoms with Gasteiger partial charge in [0.2, 0.25) is 0 Å². The van der Waals surface area contributed by atoms with E-state index >= 15 is 0 Å². The fraction of sp³-hybridized carbons (Fsp3) is 0.433. The summed E-state index contributed by atoms with van der Waals surface area (Å²) in [5, 5.41) is 0. The zero-order valence-corrected chi connectivity index (χ0v) is 22.2. The maximum Gasteiger partial charge on any atom is 0.162 e. The van der Waals surface area contributed by atoms with Crippen LogP contribution in [0.4, 0.5) is 11.5 Å². The Morgan fingerprint density at radius 1 is 1.05 bits per heavy atom. The van der Waals surface area contributed by atoms with E-state index < -0.39 is 0 Å². The highest BCUT2D eigenvalue weighted by molar-refractivity contribution is 7.19. The van der Waals surface area contributed by atoms with E-state index in [1.807, 2.05) is 11.3 Å². The Morgan fingerprint density at radius 2 is 1.89 bits per heavy atom. The molecule has 7 nitrogen and oxygen atoms in total. The molecule has 2 bridgehead atoms. The third-order valence-corrected chi connectivity index (χ3v) is 10.4. The molecule has 0 radical (unpaired) electrons. The van der Waals surface area contributed by atoms with Gasteiger partial charge in [0.1, 0.15) is 5.60 Å². The van der Waals surface area contributed by atoms with E-state index in [4.69, 9.17) is 30.2 Å². The molecule has 0 unspecified atom stereocenters. The number of aromatic nitrogens is 2. The minimum Gasteiger partial charge on any atom is -0.378 e. The second-order valence-electron chi connectivity index (χ2n) is 11.3. The van der Waals surface area contributed by atoms with Crippen molar-refractivity contribution in [2.45, 2.75) is 37.7 Å². The molecule has 0 amide bonds. The number of anilines is 1. The van der Waals surface area contributed by atoms with Gasteiger partial charge in [-0.25, -0.2) is 9.97 Å². The summed E-state index contributed by atoms with van der Waals surface area (Å²) in [6.45, 7) is 4.56. The monoisotopic (exact) mass is 525 g/mol. The first-order chi connectivity index (χ1) is 18.7. The zero-order valence-electron chi connectivity index (χ0n) is 21.4. The Bertz CT molecular complexity index is 1520. The lowest BCUT2D eigenvalue weighted by molar-refractivity contribution is -0.184. The van der Waals surface area contributed by atoms with Crippen LogP contribution in [0.1, 0.15) is 48.4 Å². The van der Waals surface area contributed by atoms with Crippen LogP contribution in [-0.4, -0.2) is 55.1 Å². The topological polar surface area (TPSA) is 85.9 Å². The number of fused-ring (bicyclic) bond motifs is 7. The summed E-state index contributed by atoms with van der Waals surface area (Å²) in [7, 11) is 0. The van der Waals surface area contributed by atoms with Gasteiger partial charge in [-0.05, 0) is 37.8 Å². The molecule has 194 valence electrons. The number of para-hydroxylation sites is 1. The molecule has 4 fully saturated rings. The van der Waals surface area contributed by atoms with Crippen LogP contribution >= 0.6 is 11.3 Å². The summed E-state index contributed by atoms with van der Waals surface area (Å²) in [5.74, 6) is 1.78. The van der Waals surface area contributed by atoms with E-state index in [0.29, 0.717) is 19.8 Å². The first-order valence-electron chi connectivity index (χ1n) is 13.7. The van der Waals surface area contributed by atoms with Crippen LogP contribution in [0.3, 0.4) is 0 Å². The average Bonchev–Trinajstić information content (AvgIpc) is 3.60. The van der Waals surface area contributed by atoms with Gasteiger partial charge in [0.05, 0.1) is 41.4 Å². The second-order valence-corrected chi connectivity index (χ2v) is 12.3. The van der Waals surface area contributed by atoms with Gasteiger partial charge in [-0.1, -0.05) is 30.4 Å². The smallest absolute Gasteiger partial charge is 0.162 e. The van der Waals surface area contributed by atoms with Crippen molar-refractivity contribution in [2.24, 2.45) is 16.1 Å². The van der Waals surface area contributed by atoms with Gasteiger partial charge in [0.25, 0.3) is 0 Å². The number of nitrogens with zero attached hydrogens (tertiary/aromatic N) is 4. The van der Waals surface area contributed by atoms with Gasteiger partial charge in [0.15, 0.2) is 11.6 Å². The Morgan fingerprint density at radius 3 is 2.68 bits per heavy atom. The van der Waals surface area contributed by atoms with Crippen molar-refractivity contribution in [3.63, 3.8) is 0 Å². The number of benzene rings is 1. The minimum absolute atomic E-state index is 0.169. The van der Waals surface area contributed by atoms with Crippen LogP contribution in [0.25, 0.3) is 21.4 Å². The van der Waals surface area contributed by atoms with Crippen molar-refractivity contribution in [3.05, 3.63) is 58.7 Å². The molecule has 9 rings (SSSR count). The maximum absolute atomic E-state index is 6.61. The van der Waals surface area contributed by atoms with Crippen molar-refractivity contribution in [1.82, 2.24) is 9.97 Å². The molecular weight excluding hydrogens is 494 g/mol. The van der Waals surface area contributed by atoms with Crippen LogP contribution in [-0.2, 0) is 15.1 Å². The Hall–Kier alpha value is -2.91. The Labute approximate surface area is 226 Å². The van der Waals surface area contributed by atoms with Gasteiger partial charge in [0, 0.05) is 53.1 Å². The summed E-state index contributed by atoms with van der Waals surface area (Å²) in [6.07, 6.45) is 9.52. The first kappa shape index (κ1) is 23.0. The molecule has 8 heteroatoms. The SMILES string of the molecule is NCC12CCC(c3cc4nc(C5=C6C(=Nc7ccccc76)CC=C5)nc(N5CCOCC5)c4s3)(CC1)OC2. The molecule has 0 atom stereocenters. The van der Waals surface area contributed by atoms with Crippen LogP contribution in [0.15, 0.2) is 47.5 Å². The van der Waals surface area contributed by atoms with Gasteiger partial charge in [-0.3, -0.25) is 4.99 Å². The number of ether oxygens (including phenoxy) is 2. The molecule has 1 saturated carbocycles. The van der Waals surface area contributed by atoms with Crippen molar-refractivity contribution in [2.75, 3.05) is 44.4 Å². The number of hydrogen-bond acceptors (Lipinski definition) is 8. The highest BCUT2D eigenvalue weighted by Gasteiger charge is 2.51. The highest BCUT2D eigenvalue weighted by atomic mass is 32.1. The van der Waals surface area contributed by atoms with E-state index in [1.54, 1.807) is 0 Å². The molecule has 3 aromatic rings. The summed E-state index contributed by atoms with van der Waals surface area (Å²) >= 11 is 1.82. The lowest BCUT2D eigenvalue weighted by atomic mass is 9.65. The summed E-state index contributed by atoms with van der Waals surface area (Å²) in [6, 6.07) is 10.7. The second kappa shape index (κ2) is 8.55. The summed E-state index contributed by atoms with van der Waals surface area (Å²) in [5.41, 5.74) is 12.6. The lowest BCUT2D eigenvalue weighted by Crippen LogP contribution is -2.51. The van der Waals surface area contributed by atoms with Crippen LogP contribution < -0.4 is 10.6 Å². The third-order valence-electron chi connectivity index (χ3n) is 9.14. The van der Waals surface area contributed by atoms with E-state index in [-0.39, 0.29) is 11.0 Å². The number of nitrogens with two attached hydrogens (primary N) is 1. The first-order valence-corrected chi connectivity index (χ1v) is 14.6. The van der Waals surface area contributed by atoms with Crippen LogP contribution in [0.5, 0.6) is 0 Å². The average molecular weight is 526 g/mol. The van der Waals surface area contributed by atoms with Gasteiger partial charge in [-0.2, -0.15) is 0 Å². The Balaban J connectivity index is 1.29. The van der Waals surface area contributed by atoms with E-state index in [1.165, 1.54) is 16.0 Å². The number of thiophene rings is 1. The molecule has 6 heterocycles. The maximum atomic E-state index is 6.61. The van der Waals surface area contributed by atoms with Gasteiger partial charge < -0.3 is 20.1 Å². The number of allylic oxidation sites excluding steroid dienone is 4. The quantitative estimate of drug-likeness (QED) is 0.502. The molecule has 6 aliphatic rings. The van der Waals surface area contributed by atoms with Crippen molar-refractivity contribution in [3.8, 4) is 0 Å². The Kier molecular flexibility index (Phi) is 5.18. The number of morpholine rings is 1. The zero-order chi connectivity index (χ0) is 25.3. The molecule has 2 N–H and O–H groups in total. The largest absolute Gasteiger partial charge is 0.378 e. The van der Waals surface area contributed by atoms with Crippen molar-refractivity contribution in [1.29, 1.82) is 0 Å². The number of rotatable bonds is 4. The highest BCUT2D eigenvalue weighted by Crippen LogP contribution is 2.55. The third kappa shape index (κ3) is 3.40. The van der Waals surface area contributed by atoms with Crippen molar-refractivity contribution < 1.29 is 9.47 Å². The molecule has 4 aliphatic heterocycles. The summed E-state index contributed by atoms with van der Waals surface area (Å²) < 4.78 is 13.5. The normalized spacial score (nSPS) is 28.1. The van der Waals surface area contributed by atoms with E-state index in [0.717, 1.165) is 90.6 Å².